The highest BCUT2D eigenvalue weighted by atomic mass is 16.6. The number of ether oxygens (including phenoxy) is 2. The highest BCUT2D eigenvalue weighted by Crippen LogP contribution is 2.36. The minimum atomic E-state index is -0.853. The summed E-state index contributed by atoms with van der Waals surface area (Å²) in [6, 6.07) is 2.37. The van der Waals surface area contributed by atoms with E-state index in [1.54, 1.807) is 32.9 Å². The molecule has 1 atom stereocenters. The van der Waals surface area contributed by atoms with E-state index in [1.807, 2.05) is 13.8 Å². The number of hydrogen-bond acceptors (Lipinski definition) is 7. The predicted molar refractivity (Wildman–Crippen MR) is 115 cm³/mol. The Morgan fingerprint density at radius 3 is 2.48 bits per heavy atom. The second-order valence-corrected chi connectivity index (χ2v) is 8.41. The van der Waals surface area contributed by atoms with Gasteiger partial charge in [0.25, 0.3) is 0 Å². The van der Waals surface area contributed by atoms with Crippen molar-refractivity contribution in [1.82, 2.24) is 10.3 Å². The first-order valence-electron chi connectivity index (χ1n) is 9.91. The molecule has 0 aliphatic heterocycles. The number of hydrogen-bond donors (Lipinski definition) is 2. The van der Waals surface area contributed by atoms with Crippen LogP contribution in [0.2, 0.25) is 0 Å². The summed E-state index contributed by atoms with van der Waals surface area (Å²) >= 11 is 0. The zero-order valence-electron chi connectivity index (χ0n) is 18.6. The van der Waals surface area contributed by atoms with Crippen LogP contribution in [0.5, 0.6) is 5.75 Å². The molecule has 0 aliphatic carbocycles. The lowest BCUT2D eigenvalue weighted by atomic mass is 10.0. The summed E-state index contributed by atoms with van der Waals surface area (Å²) in [7, 11) is 1.42. The Kier molecular flexibility index (Phi) is 7.79. The van der Waals surface area contributed by atoms with Gasteiger partial charge in [-0.3, -0.25) is 9.59 Å². The van der Waals surface area contributed by atoms with E-state index in [9.17, 15) is 14.4 Å². The van der Waals surface area contributed by atoms with Gasteiger partial charge in [0.05, 0.1) is 30.1 Å². The second kappa shape index (κ2) is 10.1. The smallest absolute Gasteiger partial charge is 0.408 e. The van der Waals surface area contributed by atoms with Crippen molar-refractivity contribution in [3.8, 4) is 17.1 Å². The van der Waals surface area contributed by atoms with Gasteiger partial charge in [0.2, 0.25) is 5.91 Å². The van der Waals surface area contributed by atoms with Crippen molar-refractivity contribution in [1.29, 1.82) is 0 Å². The predicted octanol–water partition coefficient (Wildman–Crippen LogP) is 4.04. The molecule has 0 spiro atoms. The third-order valence-electron chi connectivity index (χ3n) is 4.19. The standard InChI is InChI=1S/C22H29N3O6/c1-13(2)9-17(25-21(28)31-22(3,4)5)20(27)24-16-8-7-14(18-10-23-12-30-18)19(29-6)15(16)11-26/h7-8,10-13,17H,9H2,1-6H3,(H,24,27)(H,25,28)/t17-/m1/s1. The highest BCUT2D eigenvalue weighted by Gasteiger charge is 2.27. The van der Waals surface area contributed by atoms with E-state index in [1.165, 1.54) is 19.7 Å². The number of aldehydes is 1. The first-order chi connectivity index (χ1) is 14.6. The molecule has 0 bridgehead atoms. The van der Waals surface area contributed by atoms with Crippen LogP contribution in [0.3, 0.4) is 0 Å². The number of oxazole rings is 1. The van der Waals surface area contributed by atoms with Gasteiger partial charge < -0.3 is 24.5 Å². The Bertz CT molecular complexity index is 916. The van der Waals surface area contributed by atoms with E-state index in [0.717, 1.165) is 0 Å². The molecule has 1 aromatic carbocycles. The number of nitrogens with zero attached hydrogens (tertiary/aromatic N) is 1. The van der Waals surface area contributed by atoms with Gasteiger partial charge >= 0.3 is 6.09 Å². The fraction of sp³-hybridized carbons (Fsp3) is 0.455. The molecule has 2 amide bonds. The topological polar surface area (TPSA) is 120 Å². The Balaban J connectivity index is 2.30. The van der Waals surface area contributed by atoms with Crippen molar-refractivity contribution < 1.29 is 28.3 Å². The maximum absolute atomic E-state index is 13.0. The molecule has 31 heavy (non-hydrogen) atoms. The molecule has 0 radical (unpaired) electrons. The largest absolute Gasteiger partial charge is 0.495 e. The fourth-order valence-electron chi connectivity index (χ4n) is 2.96. The first-order valence-corrected chi connectivity index (χ1v) is 9.91. The summed E-state index contributed by atoms with van der Waals surface area (Å²) in [5.41, 5.74) is 0.216. The lowest BCUT2D eigenvalue weighted by molar-refractivity contribution is -0.118. The zero-order chi connectivity index (χ0) is 23.2. The van der Waals surface area contributed by atoms with Crippen LogP contribution in [-0.2, 0) is 9.53 Å². The quantitative estimate of drug-likeness (QED) is 0.605. The third kappa shape index (κ3) is 6.56. The van der Waals surface area contributed by atoms with E-state index >= 15 is 0 Å². The van der Waals surface area contributed by atoms with Crippen molar-refractivity contribution in [2.75, 3.05) is 12.4 Å². The summed E-state index contributed by atoms with van der Waals surface area (Å²) in [6.45, 7) is 9.08. The normalized spacial score (nSPS) is 12.2. The number of benzene rings is 1. The Hall–Kier alpha value is -3.36. The Morgan fingerprint density at radius 1 is 1.26 bits per heavy atom. The van der Waals surface area contributed by atoms with Gasteiger partial charge in [-0.05, 0) is 45.2 Å². The average molecular weight is 431 g/mol. The zero-order valence-corrected chi connectivity index (χ0v) is 18.6. The number of rotatable bonds is 8. The highest BCUT2D eigenvalue weighted by molar-refractivity contribution is 6.02. The second-order valence-electron chi connectivity index (χ2n) is 8.41. The van der Waals surface area contributed by atoms with Gasteiger partial charge in [0, 0.05) is 0 Å². The third-order valence-corrected chi connectivity index (χ3v) is 4.19. The van der Waals surface area contributed by atoms with Crippen LogP contribution in [0.1, 0.15) is 51.4 Å². The Morgan fingerprint density at radius 2 is 1.97 bits per heavy atom. The molecule has 2 N–H and O–H groups in total. The molecule has 0 saturated heterocycles. The van der Waals surface area contributed by atoms with E-state index < -0.39 is 23.6 Å². The molecule has 0 unspecified atom stereocenters. The maximum Gasteiger partial charge on any atom is 0.408 e. The number of aromatic nitrogens is 1. The lowest BCUT2D eigenvalue weighted by Gasteiger charge is -2.24. The van der Waals surface area contributed by atoms with E-state index in [-0.39, 0.29) is 22.9 Å². The van der Waals surface area contributed by atoms with Gasteiger partial charge in [0.15, 0.2) is 18.4 Å². The monoisotopic (exact) mass is 431 g/mol. The number of nitrogens with one attached hydrogen (secondary N) is 2. The summed E-state index contributed by atoms with van der Waals surface area (Å²) in [5.74, 6) is 0.309. The summed E-state index contributed by atoms with van der Waals surface area (Å²) in [6.07, 6.45) is 3.04. The molecule has 1 heterocycles. The van der Waals surface area contributed by atoms with Crippen LogP contribution in [-0.4, -0.2) is 42.0 Å². The summed E-state index contributed by atoms with van der Waals surface area (Å²) in [5, 5.41) is 5.32. The molecule has 1 aromatic heterocycles. The minimum absolute atomic E-state index is 0.125. The summed E-state index contributed by atoms with van der Waals surface area (Å²) < 4.78 is 16.0. The van der Waals surface area contributed by atoms with Gasteiger partial charge in [-0.25, -0.2) is 9.78 Å². The van der Waals surface area contributed by atoms with E-state index in [2.05, 4.69) is 15.6 Å². The van der Waals surface area contributed by atoms with Gasteiger partial charge in [-0.15, -0.1) is 0 Å². The number of anilines is 1. The van der Waals surface area contributed by atoms with Crippen molar-refractivity contribution in [2.24, 2.45) is 5.92 Å². The number of methoxy groups -OCH3 is 1. The SMILES string of the molecule is COc1c(-c2cnco2)ccc(NC(=O)[C@@H](CC(C)C)NC(=O)OC(C)(C)C)c1C=O. The van der Waals surface area contributed by atoms with Crippen LogP contribution in [0.4, 0.5) is 10.5 Å². The number of amides is 2. The average Bonchev–Trinajstić information content (AvgIpc) is 3.19. The molecule has 168 valence electrons. The van der Waals surface area contributed by atoms with E-state index in [0.29, 0.717) is 24.0 Å². The van der Waals surface area contributed by atoms with Crippen LogP contribution < -0.4 is 15.4 Å². The van der Waals surface area contributed by atoms with Gasteiger partial charge in [-0.1, -0.05) is 13.8 Å². The van der Waals surface area contributed by atoms with Crippen LogP contribution in [0.15, 0.2) is 29.1 Å². The molecule has 2 rings (SSSR count). The van der Waals surface area contributed by atoms with Crippen molar-refractivity contribution in [2.45, 2.75) is 52.7 Å². The lowest BCUT2D eigenvalue weighted by Crippen LogP contribution is -2.46. The molecule has 2 aromatic rings. The van der Waals surface area contributed by atoms with Gasteiger partial charge in [-0.2, -0.15) is 0 Å². The molecular weight excluding hydrogens is 402 g/mol. The number of alkyl carbamates (subject to hydrolysis) is 1. The molecule has 9 heteroatoms. The van der Waals surface area contributed by atoms with Crippen molar-refractivity contribution >= 4 is 24.0 Å². The van der Waals surface area contributed by atoms with Crippen molar-refractivity contribution in [3.63, 3.8) is 0 Å². The first kappa shape index (κ1) is 23.9. The molecule has 0 saturated carbocycles. The molecule has 0 fully saturated rings. The Labute approximate surface area is 181 Å². The number of carbonyl (C=O) groups excluding carboxylic acids is 3. The van der Waals surface area contributed by atoms with Crippen LogP contribution >= 0.6 is 0 Å². The number of carbonyl (C=O) groups is 3. The van der Waals surface area contributed by atoms with E-state index in [4.69, 9.17) is 13.9 Å². The molecular formula is C22H29N3O6. The fourth-order valence-corrected chi connectivity index (χ4v) is 2.96. The van der Waals surface area contributed by atoms with Crippen LogP contribution in [0.25, 0.3) is 11.3 Å². The van der Waals surface area contributed by atoms with Crippen LogP contribution in [0, 0.1) is 5.92 Å². The molecule has 9 nitrogen and oxygen atoms in total. The molecule has 0 aliphatic rings. The minimum Gasteiger partial charge on any atom is -0.495 e. The summed E-state index contributed by atoms with van der Waals surface area (Å²) in [4.78, 5) is 40.9. The van der Waals surface area contributed by atoms with Gasteiger partial charge in [0.1, 0.15) is 17.4 Å². The van der Waals surface area contributed by atoms with Crippen molar-refractivity contribution in [3.05, 3.63) is 30.3 Å². The maximum atomic E-state index is 13.0.